The number of nitrogens with zero attached hydrogens (tertiary/aromatic N) is 3. The van der Waals surface area contributed by atoms with Crippen molar-refractivity contribution in [2.45, 2.75) is 31.7 Å². The highest BCUT2D eigenvalue weighted by molar-refractivity contribution is 5.60. The Morgan fingerprint density at radius 3 is 2.72 bits per heavy atom. The lowest BCUT2D eigenvalue weighted by atomic mass is 9.70. The van der Waals surface area contributed by atoms with E-state index >= 15 is 0 Å². The van der Waals surface area contributed by atoms with E-state index in [0.29, 0.717) is 6.42 Å². The van der Waals surface area contributed by atoms with Crippen LogP contribution in [0.15, 0.2) is 24.3 Å². The summed E-state index contributed by atoms with van der Waals surface area (Å²) < 4.78 is 0. The molecule has 1 aromatic carbocycles. The molecule has 3 heteroatoms. The normalized spacial score (nSPS) is 24.3. The molecule has 1 saturated heterocycles. The second kappa shape index (κ2) is 4.03. The number of anilines is 1. The second-order valence-electron chi connectivity index (χ2n) is 5.21. The van der Waals surface area contributed by atoms with E-state index in [4.69, 9.17) is 0 Å². The summed E-state index contributed by atoms with van der Waals surface area (Å²) in [5, 5.41) is 19.0. The topological polar surface area (TPSA) is 50.8 Å². The van der Waals surface area contributed by atoms with E-state index in [2.05, 4.69) is 23.1 Å². The first kappa shape index (κ1) is 11.1. The van der Waals surface area contributed by atoms with Crippen molar-refractivity contribution in [1.82, 2.24) is 0 Å². The molecular weight excluding hydrogens is 222 g/mol. The molecule has 0 amide bonds. The maximum atomic E-state index is 9.51. The Morgan fingerprint density at radius 2 is 1.94 bits per heavy atom. The van der Waals surface area contributed by atoms with Crippen LogP contribution in [0.5, 0.6) is 0 Å². The van der Waals surface area contributed by atoms with Gasteiger partial charge in [0.25, 0.3) is 0 Å². The molecule has 3 nitrogen and oxygen atoms in total. The van der Waals surface area contributed by atoms with Crippen LogP contribution in [0.1, 0.15) is 24.8 Å². The predicted octanol–water partition coefficient (Wildman–Crippen LogP) is 2.64. The van der Waals surface area contributed by atoms with Gasteiger partial charge in [0.2, 0.25) is 0 Å². The summed E-state index contributed by atoms with van der Waals surface area (Å²) >= 11 is 0. The minimum Gasteiger partial charge on any atom is -0.366 e. The molecule has 1 fully saturated rings. The molecule has 3 rings (SSSR count). The first-order chi connectivity index (χ1) is 8.80. The third-order valence-corrected chi connectivity index (χ3v) is 4.24. The van der Waals surface area contributed by atoms with Gasteiger partial charge in [-0.25, -0.2) is 0 Å². The summed E-state index contributed by atoms with van der Waals surface area (Å²) in [4.78, 5) is 2.29. The third-order valence-electron chi connectivity index (χ3n) is 4.24. The van der Waals surface area contributed by atoms with Crippen LogP contribution in [0.2, 0.25) is 0 Å². The average molecular weight is 237 g/mol. The quantitative estimate of drug-likeness (QED) is 0.697. The Bertz CT molecular complexity index is 536. The van der Waals surface area contributed by atoms with Crippen LogP contribution in [0.3, 0.4) is 0 Å². The van der Waals surface area contributed by atoms with E-state index in [0.717, 1.165) is 31.4 Å². The van der Waals surface area contributed by atoms with E-state index < -0.39 is 5.41 Å². The number of fused-ring (bicyclic) bond motifs is 3. The fraction of sp³-hybridized carbons (Fsp3) is 0.467. The molecule has 2 aliphatic rings. The first-order valence-corrected chi connectivity index (χ1v) is 6.48. The maximum Gasteiger partial charge on any atom is 0.167 e. The van der Waals surface area contributed by atoms with Crippen LogP contribution in [-0.2, 0) is 6.42 Å². The van der Waals surface area contributed by atoms with Crippen LogP contribution in [0.25, 0.3) is 0 Å². The van der Waals surface area contributed by atoms with Gasteiger partial charge in [-0.05, 0) is 30.9 Å². The fourth-order valence-corrected chi connectivity index (χ4v) is 3.34. The van der Waals surface area contributed by atoms with Crippen LogP contribution < -0.4 is 4.90 Å². The summed E-state index contributed by atoms with van der Waals surface area (Å²) in [7, 11) is 0. The molecule has 1 aromatic rings. The molecule has 0 bridgehead atoms. The molecule has 1 atom stereocenters. The molecule has 0 unspecified atom stereocenters. The average Bonchev–Trinajstić information content (AvgIpc) is 2.46. The number of hydrogen-bond acceptors (Lipinski definition) is 3. The Kier molecular flexibility index (Phi) is 2.49. The molecule has 0 aliphatic carbocycles. The minimum absolute atomic E-state index is 0.0659. The third kappa shape index (κ3) is 1.41. The highest BCUT2D eigenvalue weighted by atomic mass is 15.2. The van der Waals surface area contributed by atoms with Gasteiger partial charge in [-0.2, -0.15) is 10.5 Å². The lowest BCUT2D eigenvalue weighted by molar-refractivity contribution is 0.307. The second-order valence-corrected chi connectivity index (χ2v) is 5.21. The molecule has 0 radical (unpaired) electrons. The highest BCUT2D eigenvalue weighted by Crippen LogP contribution is 2.44. The van der Waals surface area contributed by atoms with Gasteiger partial charge >= 0.3 is 0 Å². The van der Waals surface area contributed by atoms with E-state index in [1.165, 1.54) is 5.69 Å². The van der Waals surface area contributed by atoms with Gasteiger partial charge in [-0.15, -0.1) is 0 Å². The Hall–Kier alpha value is -2.00. The number of hydrogen-bond donors (Lipinski definition) is 0. The molecule has 0 N–H and O–H groups in total. The van der Waals surface area contributed by atoms with Gasteiger partial charge in [-0.1, -0.05) is 18.2 Å². The molecule has 2 aliphatic heterocycles. The van der Waals surface area contributed by atoms with Crippen molar-refractivity contribution >= 4 is 5.69 Å². The van der Waals surface area contributed by atoms with Crippen LogP contribution in [0.4, 0.5) is 5.69 Å². The summed E-state index contributed by atoms with van der Waals surface area (Å²) in [5.74, 6) is 0. The maximum absolute atomic E-state index is 9.51. The first-order valence-electron chi connectivity index (χ1n) is 6.48. The smallest absolute Gasteiger partial charge is 0.167 e. The van der Waals surface area contributed by atoms with Crippen LogP contribution in [0, 0.1) is 28.1 Å². The fourth-order valence-electron chi connectivity index (χ4n) is 3.34. The van der Waals surface area contributed by atoms with Gasteiger partial charge in [0.05, 0.1) is 18.2 Å². The lowest BCUT2D eigenvalue weighted by Gasteiger charge is -2.47. The van der Waals surface area contributed by atoms with Crippen LogP contribution in [-0.4, -0.2) is 12.6 Å². The van der Waals surface area contributed by atoms with Crippen molar-refractivity contribution < 1.29 is 0 Å². The largest absolute Gasteiger partial charge is 0.366 e. The standard InChI is InChI=1S/C15H15N3/c16-10-15(11-17)9-12-5-1-2-6-13(12)18-8-4-3-7-14(15)18/h1-2,5-6,14H,3-4,7-9H2/t14-/m1/s1. The highest BCUT2D eigenvalue weighted by Gasteiger charge is 2.48. The van der Waals surface area contributed by atoms with Gasteiger partial charge < -0.3 is 4.90 Å². The summed E-state index contributed by atoms with van der Waals surface area (Å²) in [5.41, 5.74) is 1.50. The van der Waals surface area contributed by atoms with E-state index in [1.54, 1.807) is 0 Å². The van der Waals surface area contributed by atoms with Crippen molar-refractivity contribution in [3.63, 3.8) is 0 Å². The van der Waals surface area contributed by atoms with Crippen molar-refractivity contribution in [3.8, 4) is 12.1 Å². The van der Waals surface area contributed by atoms with Gasteiger partial charge in [-0.3, -0.25) is 0 Å². The Morgan fingerprint density at radius 1 is 1.17 bits per heavy atom. The van der Waals surface area contributed by atoms with Gasteiger partial charge in [0, 0.05) is 18.7 Å². The minimum atomic E-state index is -0.866. The number of para-hydroxylation sites is 1. The predicted molar refractivity (Wildman–Crippen MR) is 68.8 cm³/mol. The van der Waals surface area contributed by atoms with Crippen molar-refractivity contribution in [1.29, 1.82) is 10.5 Å². The molecular formula is C15H15N3. The molecule has 0 saturated carbocycles. The van der Waals surface area contributed by atoms with E-state index in [9.17, 15) is 10.5 Å². The molecule has 90 valence electrons. The van der Waals surface area contributed by atoms with Crippen molar-refractivity contribution in [2.24, 2.45) is 5.41 Å². The SMILES string of the molecule is N#CC1(C#N)Cc2ccccc2N2CCCC[C@@H]21. The van der Waals surface area contributed by atoms with Crippen molar-refractivity contribution in [2.75, 3.05) is 11.4 Å². The number of nitriles is 2. The van der Waals surface area contributed by atoms with Crippen LogP contribution >= 0.6 is 0 Å². The summed E-state index contributed by atoms with van der Waals surface area (Å²) in [6.07, 6.45) is 3.79. The lowest BCUT2D eigenvalue weighted by Crippen LogP contribution is -2.53. The summed E-state index contributed by atoms with van der Waals surface area (Å²) in [6, 6.07) is 12.9. The Balaban J connectivity index is 2.15. The zero-order chi connectivity index (χ0) is 12.6. The van der Waals surface area contributed by atoms with Gasteiger partial charge in [0.15, 0.2) is 5.41 Å². The van der Waals surface area contributed by atoms with E-state index in [1.807, 2.05) is 18.2 Å². The molecule has 2 heterocycles. The summed E-state index contributed by atoms with van der Waals surface area (Å²) in [6.45, 7) is 0.965. The van der Waals surface area contributed by atoms with Crippen molar-refractivity contribution in [3.05, 3.63) is 29.8 Å². The monoisotopic (exact) mass is 237 g/mol. The van der Waals surface area contributed by atoms with E-state index in [-0.39, 0.29) is 6.04 Å². The molecule has 18 heavy (non-hydrogen) atoms. The zero-order valence-corrected chi connectivity index (χ0v) is 10.3. The molecule has 0 aromatic heterocycles. The molecule has 0 spiro atoms. The zero-order valence-electron chi connectivity index (χ0n) is 10.3. The van der Waals surface area contributed by atoms with Gasteiger partial charge in [0.1, 0.15) is 0 Å². The Labute approximate surface area is 107 Å². The number of benzene rings is 1. The number of rotatable bonds is 0. The number of piperidine rings is 1.